The molecule has 0 unspecified atom stereocenters. The lowest BCUT2D eigenvalue weighted by Gasteiger charge is -2.36. The van der Waals surface area contributed by atoms with Gasteiger partial charge in [0.25, 0.3) is 5.56 Å². The summed E-state index contributed by atoms with van der Waals surface area (Å²) in [6, 6.07) is 8.25. The monoisotopic (exact) mass is 298 g/mol. The topological polar surface area (TPSA) is 52.2 Å². The van der Waals surface area contributed by atoms with Crippen LogP contribution in [-0.4, -0.2) is 47.1 Å². The van der Waals surface area contributed by atoms with Gasteiger partial charge in [-0.2, -0.15) is 0 Å². The molecule has 1 aromatic carbocycles. The number of nitrogens with one attached hydrogen (secondary N) is 1. The summed E-state index contributed by atoms with van der Waals surface area (Å²) in [6.07, 6.45) is 5.02. The van der Waals surface area contributed by atoms with Crippen LogP contribution in [0.2, 0.25) is 0 Å². The van der Waals surface area contributed by atoms with Gasteiger partial charge in [-0.3, -0.25) is 9.78 Å². The Balaban J connectivity index is 1.52. The van der Waals surface area contributed by atoms with Crippen molar-refractivity contribution in [1.82, 2.24) is 14.9 Å². The largest absolute Gasteiger partial charge is 0.342 e. The third kappa shape index (κ3) is 2.50. The first kappa shape index (κ1) is 13.8. The Kier molecular flexibility index (Phi) is 3.58. The molecular weight excluding hydrogens is 276 g/mol. The molecule has 1 N–H and O–H groups in total. The van der Waals surface area contributed by atoms with E-state index in [1.54, 1.807) is 0 Å². The van der Waals surface area contributed by atoms with Crippen molar-refractivity contribution in [2.24, 2.45) is 0 Å². The number of likely N-dealkylation sites (tertiary alicyclic amines) is 1. The van der Waals surface area contributed by atoms with Crippen LogP contribution >= 0.6 is 0 Å². The smallest absolute Gasteiger partial charge is 0.260 e. The molecule has 5 heteroatoms. The Bertz CT molecular complexity index is 712. The molecule has 1 aromatic heterocycles. The van der Waals surface area contributed by atoms with Gasteiger partial charge in [0.15, 0.2) is 0 Å². The zero-order chi connectivity index (χ0) is 14.9. The van der Waals surface area contributed by atoms with E-state index in [2.05, 4.69) is 19.8 Å². The molecule has 0 bridgehead atoms. The maximum absolute atomic E-state index is 12.2. The number of fused-ring (bicyclic) bond motifs is 1. The molecule has 2 aliphatic heterocycles. The van der Waals surface area contributed by atoms with Crippen LogP contribution in [0.15, 0.2) is 29.1 Å². The van der Waals surface area contributed by atoms with Crippen LogP contribution in [0.4, 0.5) is 5.95 Å². The lowest BCUT2D eigenvalue weighted by molar-refractivity contribution is 0.207. The van der Waals surface area contributed by atoms with E-state index in [1.165, 1.54) is 25.9 Å². The number of hydrogen-bond donors (Lipinski definition) is 1. The van der Waals surface area contributed by atoms with Crippen LogP contribution in [0, 0.1) is 0 Å². The highest BCUT2D eigenvalue weighted by molar-refractivity contribution is 5.78. The number of aromatic amines is 1. The van der Waals surface area contributed by atoms with Crippen LogP contribution in [-0.2, 0) is 0 Å². The zero-order valence-electron chi connectivity index (χ0n) is 12.8. The first-order chi connectivity index (χ1) is 10.8. The molecule has 2 aliphatic rings. The van der Waals surface area contributed by atoms with Crippen molar-refractivity contribution in [3.05, 3.63) is 34.6 Å². The van der Waals surface area contributed by atoms with Crippen LogP contribution in [0.5, 0.6) is 0 Å². The van der Waals surface area contributed by atoms with Gasteiger partial charge in [-0.05, 0) is 50.9 Å². The van der Waals surface area contributed by atoms with Gasteiger partial charge in [0.1, 0.15) is 0 Å². The van der Waals surface area contributed by atoms with Crippen molar-refractivity contribution in [1.29, 1.82) is 0 Å². The summed E-state index contributed by atoms with van der Waals surface area (Å²) in [5, 5.41) is 0.665. The predicted octanol–water partition coefficient (Wildman–Crippen LogP) is 1.99. The normalized spacial score (nSPS) is 20.8. The number of para-hydroxylation sites is 1. The first-order valence-corrected chi connectivity index (χ1v) is 8.29. The van der Waals surface area contributed by atoms with Crippen molar-refractivity contribution in [2.75, 3.05) is 31.1 Å². The Hall–Kier alpha value is -1.88. The number of rotatable bonds is 2. The van der Waals surface area contributed by atoms with Crippen molar-refractivity contribution in [3.63, 3.8) is 0 Å². The predicted molar refractivity (Wildman–Crippen MR) is 88.4 cm³/mol. The molecule has 2 saturated heterocycles. The van der Waals surface area contributed by atoms with E-state index in [0.29, 0.717) is 11.4 Å². The van der Waals surface area contributed by atoms with Crippen LogP contribution < -0.4 is 10.5 Å². The van der Waals surface area contributed by atoms with Gasteiger partial charge in [-0.1, -0.05) is 12.1 Å². The Morgan fingerprint density at radius 3 is 2.55 bits per heavy atom. The van der Waals surface area contributed by atoms with E-state index in [1.807, 2.05) is 24.3 Å². The number of benzene rings is 1. The Labute approximate surface area is 130 Å². The molecule has 2 aromatic rings. The molecule has 0 aliphatic carbocycles. The highest BCUT2D eigenvalue weighted by Gasteiger charge is 2.27. The highest BCUT2D eigenvalue weighted by atomic mass is 16.1. The number of anilines is 1. The molecule has 0 radical (unpaired) electrons. The molecule has 3 heterocycles. The molecule has 0 saturated carbocycles. The second kappa shape index (κ2) is 5.72. The lowest BCUT2D eigenvalue weighted by Crippen LogP contribution is -2.44. The van der Waals surface area contributed by atoms with E-state index >= 15 is 0 Å². The number of piperidine rings is 1. The number of nitrogens with zero attached hydrogens (tertiary/aromatic N) is 3. The minimum Gasteiger partial charge on any atom is -0.342 e. The molecule has 0 amide bonds. The second-order valence-electron chi connectivity index (χ2n) is 6.37. The molecule has 2 fully saturated rings. The summed E-state index contributed by atoms with van der Waals surface area (Å²) in [6.45, 7) is 4.47. The maximum atomic E-state index is 12.2. The van der Waals surface area contributed by atoms with Gasteiger partial charge in [0.05, 0.1) is 10.9 Å². The zero-order valence-corrected chi connectivity index (χ0v) is 12.8. The van der Waals surface area contributed by atoms with Crippen molar-refractivity contribution in [2.45, 2.75) is 31.7 Å². The van der Waals surface area contributed by atoms with E-state index in [4.69, 9.17) is 0 Å². The third-order valence-electron chi connectivity index (χ3n) is 5.02. The summed E-state index contributed by atoms with van der Waals surface area (Å²) in [5.41, 5.74) is 0.741. The third-order valence-corrected chi connectivity index (χ3v) is 5.02. The summed E-state index contributed by atoms with van der Waals surface area (Å²) < 4.78 is 0. The van der Waals surface area contributed by atoms with Crippen LogP contribution in [0.3, 0.4) is 0 Å². The number of hydrogen-bond acceptors (Lipinski definition) is 4. The van der Waals surface area contributed by atoms with Gasteiger partial charge in [0, 0.05) is 19.1 Å². The fourth-order valence-corrected chi connectivity index (χ4v) is 3.77. The SMILES string of the molecule is O=c1[nH]c(N2CCC(N3CCCC3)CC2)nc2ccccc12. The molecule has 4 rings (SSSR count). The van der Waals surface area contributed by atoms with Crippen molar-refractivity contribution < 1.29 is 0 Å². The van der Waals surface area contributed by atoms with Gasteiger partial charge in [0.2, 0.25) is 5.95 Å². The summed E-state index contributed by atoms with van der Waals surface area (Å²) in [5.74, 6) is 0.726. The van der Waals surface area contributed by atoms with E-state index in [-0.39, 0.29) is 5.56 Å². The van der Waals surface area contributed by atoms with E-state index < -0.39 is 0 Å². The average Bonchev–Trinajstić information content (AvgIpc) is 3.09. The highest BCUT2D eigenvalue weighted by Crippen LogP contribution is 2.23. The molecule has 22 heavy (non-hydrogen) atoms. The summed E-state index contributed by atoms with van der Waals surface area (Å²) >= 11 is 0. The van der Waals surface area contributed by atoms with Gasteiger partial charge in [-0.25, -0.2) is 4.98 Å². The standard InChI is InChI=1S/C17H22N4O/c22-16-14-5-1-2-6-15(14)18-17(19-16)21-11-7-13(8-12-21)20-9-3-4-10-20/h1-2,5-6,13H,3-4,7-12H2,(H,18,19,22). The van der Waals surface area contributed by atoms with Crippen LogP contribution in [0.25, 0.3) is 10.9 Å². The number of H-pyrrole nitrogens is 1. The van der Waals surface area contributed by atoms with Crippen molar-refractivity contribution >= 4 is 16.9 Å². The first-order valence-electron chi connectivity index (χ1n) is 8.29. The minimum atomic E-state index is -0.0396. The Morgan fingerprint density at radius 2 is 1.77 bits per heavy atom. The summed E-state index contributed by atoms with van der Waals surface area (Å²) in [7, 11) is 0. The van der Waals surface area contributed by atoms with Gasteiger partial charge >= 0.3 is 0 Å². The second-order valence-corrected chi connectivity index (χ2v) is 6.37. The van der Waals surface area contributed by atoms with Gasteiger partial charge < -0.3 is 9.80 Å². The maximum Gasteiger partial charge on any atom is 0.260 e. The molecule has 0 atom stereocenters. The van der Waals surface area contributed by atoms with Crippen LogP contribution in [0.1, 0.15) is 25.7 Å². The molecule has 116 valence electrons. The molecule has 5 nitrogen and oxygen atoms in total. The average molecular weight is 298 g/mol. The lowest BCUT2D eigenvalue weighted by atomic mass is 10.0. The minimum absolute atomic E-state index is 0.0396. The molecular formula is C17H22N4O. The van der Waals surface area contributed by atoms with E-state index in [9.17, 15) is 4.79 Å². The number of aromatic nitrogens is 2. The fraction of sp³-hybridized carbons (Fsp3) is 0.529. The van der Waals surface area contributed by atoms with E-state index in [0.717, 1.165) is 37.4 Å². The van der Waals surface area contributed by atoms with Crippen molar-refractivity contribution in [3.8, 4) is 0 Å². The Morgan fingerprint density at radius 1 is 1.05 bits per heavy atom. The molecule has 0 spiro atoms. The summed E-state index contributed by atoms with van der Waals surface area (Å²) in [4.78, 5) is 24.6. The fourth-order valence-electron chi connectivity index (χ4n) is 3.77. The quantitative estimate of drug-likeness (QED) is 0.921. The van der Waals surface area contributed by atoms with Gasteiger partial charge in [-0.15, -0.1) is 0 Å².